The SMILES string of the molecule is CC(C)NC(=O)COc1ccc(/C=N\NC(=O)CN(c2cc(Cl)cc(Cl)c2)S(C)(=O)=O)cc1. The van der Waals surface area contributed by atoms with Gasteiger partial charge in [0, 0.05) is 16.1 Å². The molecule has 0 aliphatic rings. The van der Waals surface area contributed by atoms with Crippen LogP contribution in [0, 0.1) is 0 Å². The maximum absolute atomic E-state index is 12.3. The summed E-state index contributed by atoms with van der Waals surface area (Å²) >= 11 is 11.9. The molecule has 178 valence electrons. The summed E-state index contributed by atoms with van der Waals surface area (Å²) < 4.78 is 30.6. The van der Waals surface area contributed by atoms with Gasteiger partial charge in [-0.25, -0.2) is 13.8 Å². The van der Waals surface area contributed by atoms with Crippen molar-refractivity contribution < 1.29 is 22.7 Å². The Labute approximate surface area is 202 Å². The molecule has 0 radical (unpaired) electrons. The number of sulfonamides is 1. The van der Waals surface area contributed by atoms with Gasteiger partial charge in [0.15, 0.2) is 6.61 Å². The van der Waals surface area contributed by atoms with Gasteiger partial charge in [-0.15, -0.1) is 0 Å². The van der Waals surface area contributed by atoms with Crippen molar-refractivity contribution in [1.82, 2.24) is 10.7 Å². The van der Waals surface area contributed by atoms with Crippen LogP contribution in [0.2, 0.25) is 10.0 Å². The average molecular weight is 515 g/mol. The van der Waals surface area contributed by atoms with Crippen molar-refractivity contribution in [2.75, 3.05) is 23.7 Å². The predicted octanol–water partition coefficient (Wildman–Crippen LogP) is 2.81. The van der Waals surface area contributed by atoms with Crippen molar-refractivity contribution in [1.29, 1.82) is 0 Å². The highest BCUT2D eigenvalue weighted by atomic mass is 35.5. The Kier molecular flexibility index (Phi) is 9.51. The third-order valence-corrected chi connectivity index (χ3v) is 5.50. The van der Waals surface area contributed by atoms with Crippen molar-refractivity contribution in [3.63, 3.8) is 0 Å². The minimum Gasteiger partial charge on any atom is -0.484 e. The summed E-state index contributed by atoms with van der Waals surface area (Å²) in [6.07, 6.45) is 2.35. The molecule has 0 bridgehead atoms. The van der Waals surface area contributed by atoms with Gasteiger partial charge >= 0.3 is 0 Å². The Bertz CT molecular complexity index is 1100. The molecule has 2 N–H and O–H groups in total. The molecule has 0 saturated carbocycles. The number of benzene rings is 2. The number of ether oxygens (including phenoxy) is 1. The molecule has 0 aromatic heterocycles. The lowest BCUT2D eigenvalue weighted by Crippen LogP contribution is -2.39. The summed E-state index contributed by atoms with van der Waals surface area (Å²) in [7, 11) is -3.79. The Hall–Kier alpha value is -2.82. The average Bonchev–Trinajstić information content (AvgIpc) is 2.69. The largest absolute Gasteiger partial charge is 0.484 e. The molecule has 2 aromatic carbocycles. The molecule has 12 heteroatoms. The van der Waals surface area contributed by atoms with E-state index < -0.39 is 22.5 Å². The summed E-state index contributed by atoms with van der Waals surface area (Å²) in [5, 5.41) is 7.03. The number of nitrogens with one attached hydrogen (secondary N) is 2. The number of rotatable bonds is 10. The first kappa shape index (κ1) is 26.4. The van der Waals surface area contributed by atoms with Crippen LogP contribution in [-0.4, -0.2) is 51.9 Å². The van der Waals surface area contributed by atoms with Gasteiger partial charge in [-0.2, -0.15) is 5.10 Å². The first-order chi connectivity index (χ1) is 15.4. The number of nitrogens with zero attached hydrogens (tertiary/aromatic N) is 2. The third-order valence-electron chi connectivity index (χ3n) is 3.93. The number of amides is 2. The van der Waals surface area contributed by atoms with E-state index in [0.29, 0.717) is 11.3 Å². The highest BCUT2D eigenvalue weighted by Crippen LogP contribution is 2.26. The number of carbonyl (C=O) groups excluding carboxylic acids is 2. The molecule has 2 rings (SSSR count). The second-order valence-electron chi connectivity index (χ2n) is 7.27. The molecule has 0 spiro atoms. The van der Waals surface area contributed by atoms with Crippen LogP contribution < -0.4 is 19.8 Å². The van der Waals surface area contributed by atoms with E-state index in [2.05, 4.69) is 15.8 Å². The maximum Gasteiger partial charge on any atom is 0.260 e. The molecule has 0 atom stereocenters. The monoisotopic (exact) mass is 514 g/mol. The molecule has 0 aliphatic carbocycles. The van der Waals surface area contributed by atoms with Crippen LogP contribution in [0.3, 0.4) is 0 Å². The van der Waals surface area contributed by atoms with Crippen LogP contribution in [0.4, 0.5) is 5.69 Å². The fraction of sp³-hybridized carbons (Fsp3) is 0.286. The van der Waals surface area contributed by atoms with Gasteiger partial charge in [-0.3, -0.25) is 13.9 Å². The van der Waals surface area contributed by atoms with Crippen molar-refractivity contribution in [2.45, 2.75) is 19.9 Å². The first-order valence-corrected chi connectivity index (χ1v) is 12.3. The van der Waals surface area contributed by atoms with Gasteiger partial charge in [-0.1, -0.05) is 23.2 Å². The van der Waals surface area contributed by atoms with Gasteiger partial charge in [0.1, 0.15) is 12.3 Å². The van der Waals surface area contributed by atoms with Crippen LogP contribution in [0.25, 0.3) is 0 Å². The van der Waals surface area contributed by atoms with Crippen molar-refractivity contribution >= 4 is 56.9 Å². The topological polar surface area (TPSA) is 117 Å². The molecule has 0 aliphatic heterocycles. The van der Waals surface area contributed by atoms with Gasteiger partial charge in [0.25, 0.3) is 11.8 Å². The summed E-state index contributed by atoms with van der Waals surface area (Å²) in [5.41, 5.74) is 3.09. The standard InChI is InChI=1S/C21H24Cl2N4O5S/c1-14(2)25-21(29)13-32-19-6-4-15(5-7-19)11-24-26-20(28)12-27(33(3,30)31)18-9-16(22)8-17(23)10-18/h4-11,14H,12-13H2,1-3H3,(H,25,29)(H,26,28)/b24-11-. The quantitative estimate of drug-likeness (QED) is 0.373. The summed E-state index contributed by atoms with van der Waals surface area (Å²) in [5.74, 6) is -0.385. The van der Waals surface area contributed by atoms with Gasteiger partial charge in [0.05, 0.1) is 18.2 Å². The summed E-state index contributed by atoms with van der Waals surface area (Å²) in [6, 6.07) is 10.9. The molecule has 33 heavy (non-hydrogen) atoms. The molecule has 0 fully saturated rings. The Morgan fingerprint density at radius 3 is 2.24 bits per heavy atom. The lowest BCUT2D eigenvalue weighted by molar-refractivity contribution is -0.123. The van der Waals surface area contributed by atoms with E-state index in [1.165, 1.54) is 24.4 Å². The van der Waals surface area contributed by atoms with Gasteiger partial charge in [0.2, 0.25) is 10.0 Å². The molecule has 0 heterocycles. The fourth-order valence-corrected chi connectivity index (χ4v) is 3.95. The molecule has 0 unspecified atom stereocenters. The molecule has 9 nitrogen and oxygen atoms in total. The number of hydrogen-bond acceptors (Lipinski definition) is 6. The summed E-state index contributed by atoms with van der Waals surface area (Å²) in [6.45, 7) is 3.10. The van der Waals surface area contributed by atoms with Crippen molar-refractivity contribution in [2.24, 2.45) is 5.10 Å². The van der Waals surface area contributed by atoms with Crippen LogP contribution in [0.15, 0.2) is 47.6 Å². The normalized spacial score (nSPS) is 11.5. The van der Waals surface area contributed by atoms with Crippen molar-refractivity contribution in [3.05, 3.63) is 58.1 Å². The fourth-order valence-electron chi connectivity index (χ4n) is 2.59. The highest BCUT2D eigenvalue weighted by molar-refractivity contribution is 7.92. The zero-order chi connectivity index (χ0) is 24.6. The zero-order valence-electron chi connectivity index (χ0n) is 18.2. The molecule has 2 amide bonds. The number of hydrazone groups is 1. The lowest BCUT2D eigenvalue weighted by atomic mass is 10.2. The first-order valence-electron chi connectivity index (χ1n) is 9.72. The second kappa shape index (κ2) is 11.9. The van der Waals surface area contributed by atoms with Crippen LogP contribution in [-0.2, 0) is 19.6 Å². The number of anilines is 1. The maximum atomic E-state index is 12.3. The van der Waals surface area contributed by atoms with E-state index in [0.717, 1.165) is 10.6 Å². The number of hydrogen-bond donors (Lipinski definition) is 2. The molecular formula is C21H24Cl2N4O5S. The third kappa shape index (κ3) is 9.29. The van der Waals surface area contributed by atoms with Crippen LogP contribution in [0.5, 0.6) is 5.75 Å². The van der Waals surface area contributed by atoms with E-state index in [1.807, 2.05) is 13.8 Å². The Balaban J connectivity index is 1.94. The summed E-state index contributed by atoms with van der Waals surface area (Å²) in [4.78, 5) is 23.9. The van der Waals surface area contributed by atoms with Crippen LogP contribution in [0.1, 0.15) is 19.4 Å². The van der Waals surface area contributed by atoms with E-state index in [-0.39, 0.29) is 34.3 Å². The van der Waals surface area contributed by atoms with E-state index in [4.69, 9.17) is 27.9 Å². The molecule has 0 saturated heterocycles. The number of carbonyl (C=O) groups is 2. The van der Waals surface area contributed by atoms with Gasteiger partial charge < -0.3 is 10.1 Å². The van der Waals surface area contributed by atoms with Gasteiger partial charge in [-0.05, 0) is 61.9 Å². The highest BCUT2D eigenvalue weighted by Gasteiger charge is 2.21. The predicted molar refractivity (Wildman–Crippen MR) is 130 cm³/mol. The lowest BCUT2D eigenvalue weighted by Gasteiger charge is -2.21. The van der Waals surface area contributed by atoms with Crippen molar-refractivity contribution in [3.8, 4) is 5.75 Å². The van der Waals surface area contributed by atoms with E-state index >= 15 is 0 Å². The molecular weight excluding hydrogens is 491 g/mol. The van der Waals surface area contributed by atoms with E-state index in [1.54, 1.807) is 24.3 Å². The zero-order valence-corrected chi connectivity index (χ0v) is 20.5. The Morgan fingerprint density at radius 1 is 1.09 bits per heavy atom. The number of halogens is 2. The minimum atomic E-state index is -3.79. The Morgan fingerprint density at radius 2 is 1.70 bits per heavy atom. The minimum absolute atomic E-state index is 0.0303. The second-order valence-corrected chi connectivity index (χ2v) is 10.1. The van der Waals surface area contributed by atoms with Crippen LogP contribution >= 0.6 is 23.2 Å². The van der Waals surface area contributed by atoms with E-state index in [9.17, 15) is 18.0 Å². The molecule has 2 aromatic rings. The smallest absolute Gasteiger partial charge is 0.260 e.